The van der Waals surface area contributed by atoms with Gasteiger partial charge in [-0.15, -0.1) is 0 Å². The molecule has 1 aliphatic heterocycles. The van der Waals surface area contributed by atoms with Crippen molar-refractivity contribution < 1.29 is 14.0 Å². The summed E-state index contributed by atoms with van der Waals surface area (Å²) >= 11 is 0. The van der Waals surface area contributed by atoms with Gasteiger partial charge in [0.05, 0.1) is 24.5 Å². The second kappa shape index (κ2) is 3.80. The molecule has 1 aliphatic rings. The number of benzene rings is 1. The highest BCUT2D eigenvalue weighted by atomic mass is 19.1. The first kappa shape index (κ1) is 10.4. The van der Waals surface area contributed by atoms with E-state index < -0.39 is 17.6 Å². The quantitative estimate of drug-likeness (QED) is 0.513. The number of nitrogens with one attached hydrogen (secondary N) is 1. The number of para-hydroxylation sites is 1. The molecule has 0 atom stereocenters. The Labute approximate surface area is 91.0 Å². The Bertz CT molecular complexity index is 445. The second-order valence-corrected chi connectivity index (χ2v) is 3.50. The van der Waals surface area contributed by atoms with E-state index in [0.717, 1.165) is 0 Å². The van der Waals surface area contributed by atoms with E-state index in [2.05, 4.69) is 5.32 Å². The van der Waals surface area contributed by atoms with Crippen molar-refractivity contribution in [1.82, 2.24) is 5.32 Å². The van der Waals surface area contributed by atoms with Crippen molar-refractivity contribution in [2.24, 2.45) is 0 Å². The molecule has 16 heavy (non-hydrogen) atoms. The van der Waals surface area contributed by atoms with Gasteiger partial charge < -0.3 is 10.6 Å². The van der Waals surface area contributed by atoms with Crippen LogP contribution in [0.4, 0.5) is 15.8 Å². The zero-order valence-electron chi connectivity index (χ0n) is 8.37. The third-order valence-electron chi connectivity index (χ3n) is 2.32. The summed E-state index contributed by atoms with van der Waals surface area (Å²) in [5.41, 5.74) is 5.86. The van der Waals surface area contributed by atoms with Gasteiger partial charge in [0.1, 0.15) is 5.82 Å². The van der Waals surface area contributed by atoms with Crippen molar-refractivity contribution in [2.45, 2.75) is 0 Å². The van der Waals surface area contributed by atoms with Crippen LogP contribution in [-0.2, 0) is 9.59 Å². The molecule has 1 saturated heterocycles. The van der Waals surface area contributed by atoms with E-state index in [0.29, 0.717) is 5.69 Å². The van der Waals surface area contributed by atoms with Crippen molar-refractivity contribution in [1.29, 1.82) is 0 Å². The Kier molecular flexibility index (Phi) is 2.47. The molecular formula is C10H10FN3O2. The van der Waals surface area contributed by atoms with E-state index in [1.165, 1.54) is 17.0 Å². The molecule has 1 heterocycles. The third-order valence-corrected chi connectivity index (χ3v) is 2.32. The van der Waals surface area contributed by atoms with E-state index in [9.17, 15) is 14.0 Å². The van der Waals surface area contributed by atoms with Crippen molar-refractivity contribution in [2.75, 3.05) is 23.7 Å². The minimum atomic E-state index is -0.559. The van der Waals surface area contributed by atoms with Gasteiger partial charge in [0.15, 0.2) is 0 Å². The maximum absolute atomic E-state index is 13.2. The van der Waals surface area contributed by atoms with Crippen molar-refractivity contribution in [3.8, 4) is 0 Å². The summed E-state index contributed by atoms with van der Waals surface area (Å²) in [4.78, 5) is 23.7. The molecule has 6 heteroatoms. The summed E-state index contributed by atoms with van der Waals surface area (Å²) in [6.07, 6.45) is 0. The van der Waals surface area contributed by atoms with Crippen molar-refractivity contribution in [3.05, 3.63) is 24.0 Å². The normalized spacial score (nSPS) is 16.2. The van der Waals surface area contributed by atoms with E-state index in [1.54, 1.807) is 6.07 Å². The highest BCUT2D eigenvalue weighted by Gasteiger charge is 2.24. The van der Waals surface area contributed by atoms with Crippen LogP contribution in [-0.4, -0.2) is 24.9 Å². The lowest BCUT2D eigenvalue weighted by Crippen LogP contribution is -2.51. The van der Waals surface area contributed by atoms with Gasteiger partial charge in [-0.2, -0.15) is 0 Å². The smallest absolute Gasteiger partial charge is 0.246 e. The van der Waals surface area contributed by atoms with Crippen LogP contribution in [0.5, 0.6) is 0 Å². The molecule has 1 aromatic rings. The number of nitrogens with two attached hydrogens (primary N) is 1. The first-order valence-electron chi connectivity index (χ1n) is 4.69. The Hall–Kier alpha value is -2.11. The number of piperazine rings is 1. The Balaban J connectivity index is 2.33. The van der Waals surface area contributed by atoms with Gasteiger partial charge in [-0.1, -0.05) is 6.07 Å². The molecule has 5 nitrogen and oxygen atoms in total. The van der Waals surface area contributed by atoms with Gasteiger partial charge in [-0.25, -0.2) is 4.39 Å². The van der Waals surface area contributed by atoms with Gasteiger partial charge in [-0.3, -0.25) is 14.9 Å². The summed E-state index contributed by atoms with van der Waals surface area (Å²) in [5, 5.41) is 2.16. The molecule has 84 valence electrons. The van der Waals surface area contributed by atoms with E-state index in [-0.39, 0.29) is 18.8 Å². The van der Waals surface area contributed by atoms with Crippen LogP contribution < -0.4 is 16.0 Å². The van der Waals surface area contributed by atoms with Crippen LogP contribution in [0.15, 0.2) is 18.2 Å². The van der Waals surface area contributed by atoms with Crippen molar-refractivity contribution >= 4 is 23.2 Å². The van der Waals surface area contributed by atoms with Gasteiger partial charge in [0, 0.05) is 0 Å². The minimum Gasteiger partial charge on any atom is -0.395 e. The fourth-order valence-electron chi connectivity index (χ4n) is 1.61. The average molecular weight is 223 g/mol. The maximum atomic E-state index is 13.2. The number of nitrogen functional groups attached to an aromatic ring is 1. The van der Waals surface area contributed by atoms with E-state index in [1.807, 2.05) is 0 Å². The Morgan fingerprint density at radius 1 is 1.25 bits per heavy atom. The van der Waals surface area contributed by atoms with Crippen LogP contribution in [0.3, 0.4) is 0 Å². The largest absolute Gasteiger partial charge is 0.395 e. The molecule has 0 aromatic heterocycles. The van der Waals surface area contributed by atoms with Gasteiger partial charge in [0.25, 0.3) is 0 Å². The summed E-state index contributed by atoms with van der Waals surface area (Å²) < 4.78 is 13.2. The lowest BCUT2D eigenvalue weighted by molar-refractivity contribution is -0.130. The van der Waals surface area contributed by atoms with Gasteiger partial charge >= 0.3 is 0 Å². The van der Waals surface area contributed by atoms with Crippen LogP contribution in [0.25, 0.3) is 0 Å². The molecule has 2 amide bonds. The maximum Gasteiger partial charge on any atom is 0.246 e. The highest BCUT2D eigenvalue weighted by molar-refractivity contribution is 6.03. The topological polar surface area (TPSA) is 75.4 Å². The standard InChI is InChI=1S/C10H10FN3O2/c11-6-2-1-3-7(10(6)12)14-4-8(15)13-9(16)5-14/h1-3H,4-5,12H2,(H,13,15,16). The Morgan fingerprint density at radius 3 is 2.50 bits per heavy atom. The predicted molar refractivity (Wildman–Crippen MR) is 56.2 cm³/mol. The molecule has 3 N–H and O–H groups in total. The SMILES string of the molecule is Nc1c(F)cccc1N1CC(=O)NC(=O)C1. The number of carbonyl (C=O) groups excluding carboxylic acids is 2. The van der Waals surface area contributed by atoms with Crippen LogP contribution >= 0.6 is 0 Å². The number of halogens is 1. The van der Waals surface area contributed by atoms with Gasteiger partial charge in [-0.05, 0) is 12.1 Å². The molecule has 0 spiro atoms. The third kappa shape index (κ3) is 1.81. The molecule has 0 aliphatic carbocycles. The number of rotatable bonds is 1. The van der Waals surface area contributed by atoms with E-state index >= 15 is 0 Å². The monoisotopic (exact) mass is 223 g/mol. The number of amides is 2. The summed E-state index contributed by atoms with van der Waals surface area (Å²) in [5.74, 6) is -1.39. The number of hydrogen-bond acceptors (Lipinski definition) is 4. The summed E-state index contributed by atoms with van der Waals surface area (Å²) in [7, 11) is 0. The molecule has 0 saturated carbocycles. The van der Waals surface area contributed by atoms with Gasteiger partial charge in [0.2, 0.25) is 11.8 Å². The molecule has 0 bridgehead atoms. The van der Waals surface area contributed by atoms with Crippen LogP contribution in [0.2, 0.25) is 0 Å². The van der Waals surface area contributed by atoms with Crippen LogP contribution in [0, 0.1) is 5.82 Å². The number of anilines is 2. The molecule has 2 rings (SSSR count). The molecule has 0 radical (unpaired) electrons. The highest BCUT2D eigenvalue weighted by Crippen LogP contribution is 2.25. The number of imide groups is 1. The summed E-state index contributed by atoms with van der Waals surface area (Å²) in [6, 6.07) is 4.28. The zero-order valence-corrected chi connectivity index (χ0v) is 8.37. The fraction of sp³-hybridized carbons (Fsp3) is 0.200. The minimum absolute atomic E-state index is 0.000602. The number of nitrogens with zero attached hydrogens (tertiary/aromatic N) is 1. The first-order valence-corrected chi connectivity index (χ1v) is 4.69. The lowest BCUT2D eigenvalue weighted by atomic mass is 10.2. The van der Waals surface area contributed by atoms with Crippen LogP contribution in [0.1, 0.15) is 0 Å². The second-order valence-electron chi connectivity index (χ2n) is 3.50. The number of carbonyl (C=O) groups is 2. The molecule has 1 aromatic carbocycles. The zero-order chi connectivity index (χ0) is 11.7. The first-order chi connectivity index (χ1) is 7.58. The predicted octanol–water partition coefficient (Wildman–Crippen LogP) is -0.129. The lowest BCUT2D eigenvalue weighted by Gasteiger charge is -2.28. The Morgan fingerprint density at radius 2 is 1.88 bits per heavy atom. The van der Waals surface area contributed by atoms with Crippen molar-refractivity contribution in [3.63, 3.8) is 0 Å². The average Bonchev–Trinajstić information content (AvgIpc) is 2.20. The fourth-order valence-corrected chi connectivity index (χ4v) is 1.61. The van der Waals surface area contributed by atoms with E-state index in [4.69, 9.17) is 5.73 Å². The number of hydrogen-bond donors (Lipinski definition) is 2. The summed E-state index contributed by atoms with van der Waals surface area (Å²) in [6.45, 7) is -0.00120. The molecular weight excluding hydrogens is 213 g/mol. The molecule has 0 unspecified atom stereocenters. The molecule has 1 fully saturated rings.